The second kappa shape index (κ2) is 8.46. The van der Waals surface area contributed by atoms with Crippen LogP contribution in [0.25, 0.3) is 0 Å². The summed E-state index contributed by atoms with van der Waals surface area (Å²) in [5.74, 6) is 0.473. The maximum atomic E-state index is 9.85. The molecule has 0 aliphatic carbocycles. The fourth-order valence-electron chi connectivity index (χ4n) is 2.83. The number of phenolic OH excluding ortho intramolecular Hbond substituents is 2. The van der Waals surface area contributed by atoms with Crippen LogP contribution in [0.15, 0.2) is 72.5 Å². The summed E-state index contributed by atoms with van der Waals surface area (Å²) in [5, 5.41) is 19.7. The zero-order valence-electron chi connectivity index (χ0n) is 13.4. The molecular weight excluding hydrogens is 592 g/mol. The molecule has 0 amide bonds. The van der Waals surface area contributed by atoms with Crippen molar-refractivity contribution in [3.63, 3.8) is 0 Å². The van der Waals surface area contributed by atoms with E-state index >= 15 is 0 Å². The minimum atomic E-state index is 0.0504. The summed E-state index contributed by atoms with van der Waals surface area (Å²) in [6.07, 6.45) is 0.758. The van der Waals surface area contributed by atoms with Crippen molar-refractivity contribution >= 4 is 63.7 Å². The van der Waals surface area contributed by atoms with Gasteiger partial charge in [-0.15, -0.1) is 0 Å². The Kier molecular flexibility index (Phi) is 6.49. The van der Waals surface area contributed by atoms with Crippen LogP contribution in [0.1, 0.15) is 22.6 Å². The lowest BCUT2D eigenvalue weighted by Gasteiger charge is -2.20. The average Bonchev–Trinajstić information content (AvgIpc) is 2.61. The van der Waals surface area contributed by atoms with Crippen LogP contribution in [-0.2, 0) is 6.42 Å². The molecule has 6 heteroatoms. The van der Waals surface area contributed by atoms with E-state index in [2.05, 4.69) is 69.8 Å². The molecule has 2 N–H and O–H groups in total. The molecule has 0 saturated heterocycles. The Hall–Kier alpha value is -0.820. The summed E-state index contributed by atoms with van der Waals surface area (Å²) in [5.41, 5.74) is 3.30. The first-order chi connectivity index (χ1) is 12.3. The molecule has 0 aromatic heterocycles. The van der Waals surface area contributed by atoms with Gasteiger partial charge in [0.15, 0.2) is 0 Å². The molecule has 2 nitrogen and oxygen atoms in total. The lowest BCUT2D eigenvalue weighted by molar-refractivity contribution is 0.471. The van der Waals surface area contributed by atoms with Crippen molar-refractivity contribution < 1.29 is 10.2 Å². The van der Waals surface area contributed by atoms with Crippen molar-refractivity contribution in [2.24, 2.45) is 0 Å². The van der Waals surface area contributed by atoms with Gasteiger partial charge in [0.05, 0.1) is 8.95 Å². The van der Waals surface area contributed by atoms with Gasteiger partial charge in [-0.25, -0.2) is 0 Å². The van der Waals surface area contributed by atoms with Gasteiger partial charge >= 0.3 is 0 Å². The number of hydrogen-bond donors (Lipinski definition) is 2. The average molecular weight is 606 g/mol. The highest BCUT2D eigenvalue weighted by atomic mass is 79.9. The maximum Gasteiger partial charge on any atom is 0.129 e. The van der Waals surface area contributed by atoms with E-state index < -0.39 is 0 Å². The van der Waals surface area contributed by atoms with Gasteiger partial charge in [0, 0.05) is 14.9 Å². The van der Waals surface area contributed by atoms with Crippen LogP contribution in [0, 0.1) is 0 Å². The summed E-state index contributed by atoms with van der Waals surface area (Å²) in [6, 6.07) is 17.2. The van der Waals surface area contributed by atoms with Gasteiger partial charge in [0.25, 0.3) is 0 Å². The van der Waals surface area contributed by atoms with Gasteiger partial charge < -0.3 is 10.2 Å². The molecule has 3 aromatic carbocycles. The summed E-state index contributed by atoms with van der Waals surface area (Å²) in [4.78, 5) is 0. The van der Waals surface area contributed by atoms with Crippen LogP contribution in [0.3, 0.4) is 0 Å². The first-order valence-corrected chi connectivity index (χ1v) is 10.9. The van der Waals surface area contributed by atoms with E-state index in [4.69, 9.17) is 0 Å². The summed E-state index contributed by atoms with van der Waals surface area (Å²) in [7, 11) is 0. The molecule has 0 atom stereocenters. The van der Waals surface area contributed by atoms with Gasteiger partial charge in [0.1, 0.15) is 11.5 Å². The van der Waals surface area contributed by atoms with Crippen LogP contribution >= 0.6 is 63.7 Å². The highest BCUT2D eigenvalue weighted by Gasteiger charge is 2.19. The predicted octanol–water partition coefficient (Wildman–Crippen LogP) is 7.52. The Balaban J connectivity index is 2.10. The molecule has 0 aliphatic rings. The summed E-state index contributed by atoms with van der Waals surface area (Å²) < 4.78 is 3.38. The molecule has 0 aliphatic heterocycles. The fourth-order valence-corrected chi connectivity index (χ4v) is 4.44. The molecule has 0 spiro atoms. The van der Waals surface area contributed by atoms with Gasteiger partial charge in [-0.3, -0.25) is 0 Å². The predicted molar refractivity (Wildman–Crippen MR) is 119 cm³/mol. The number of aromatic hydroxyl groups is 2. The molecule has 0 saturated carbocycles. The number of hydrogen-bond acceptors (Lipinski definition) is 2. The summed E-state index contributed by atoms with van der Waals surface area (Å²) >= 11 is 14.0. The van der Waals surface area contributed by atoms with Crippen LogP contribution in [-0.4, -0.2) is 10.2 Å². The van der Waals surface area contributed by atoms with Crippen LogP contribution in [0.4, 0.5) is 0 Å². The molecule has 3 aromatic rings. The van der Waals surface area contributed by atoms with E-state index in [0.717, 1.165) is 32.1 Å². The topological polar surface area (TPSA) is 40.5 Å². The van der Waals surface area contributed by atoms with E-state index in [0.29, 0.717) is 8.95 Å². The van der Waals surface area contributed by atoms with Crippen molar-refractivity contribution in [2.75, 3.05) is 0 Å². The molecule has 0 fully saturated rings. The lowest BCUT2D eigenvalue weighted by atomic mass is 9.86. The summed E-state index contributed by atoms with van der Waals surface area (Å²) in [6.45, 7) is 0. The second-order valence-corrected chi connectivity index (χ2v) is 9.39. The smallest absolute Gasteiger partial charge is 0.129 e. The van der Waals surface area contributed by atoms with Crippen molar-refractivity contribution in [2.45, 2.75) is 12.3 Å². The first kappa shape index (κ1) is 19.9. The second-order valence-electron chi connectivity index (χ2n) is 5.91. The molecule has 0 radical (unpaired) electrons. The van der Waals surface area contributed by atoms with Gasteiger partial charge in [-0.2, -0.15) is 0 Å². The third-order valence-electron chi connectivity index (χ3n) is 4.18. The highest BCUT2D eigenvalue weighted by Crippen LogP contribution is 2.37. The Morgan fingerprint density at radius 1 is 0.654 bits per heavy atom. The van der Waals surface area contributed by atoms with Gasteiger partial charge in [-0.1, -0.05) is 44.0 Å². The van der Waals surface area contributed by atoms with E-state index in [1.807, 2.05) is 36.4 Å². The molecule has 0 unspecified atom stereocenters. The quantitative estimate of drug-likeness (QED) is 0.323. The largest absolute Gasteiger partial charge is 0.507 e. The van der Waals surface area contributed by atoms with Crippen LogP contribution in [0.5, 0.6) is 11.5 Å². The van der Waals surface area contributed by atoms with Crippen LogP contribution < -0.4 is 0 Å². The van der Waals surface area contributed by atoms with E-state index in [-0.39, 0.29) is 17.4 Å². The number of phenols is 2. The van der Waals surface area contributed by atoms with Crippen molar-refractivity contribution in [1.82, 2.24) is 0 Å². The van der Waals surface area contributed by atoms with Crippen LogP contribution in [0.2, 0.25) is 0 Å². The SMILES string of the molecule is Oc1ccc(C(Cc2cc(Br)ccc2Br)c2ccc(O)c(Br)c2)cc1Br. The highest BCUT2D eigenvalue weighted by molar-refractivity contribution is 9.11. The number of rotatable bonds is 4. The van der Waals surface area contributed by atoms with Gasteiger partial charge in [0.2, 0.25) is 0 Å². The van der Waals surface area contributed by atoms with E-state index in [1.165, 1.54) is 0 Å². The molecule has 3 rings (SSSR count). The molecule has 134 valence electrons. The Labute approximate surface area is 185 Å². The Morgan fingerprint density at radius 2 is 1.19 bits per heavy atom. The van der Waals surface area contributed by atoms with E-state index in [1.54, 1.807) is 12.1 Å². The van der Waals surface area contributed by atoms with E-state index in [9.17, 15) is 10.2 Å². The number of halogens is 4. The normalized spacial score (nSPS) is 11.1. The standard InChI is InChI=1S/C20H14Br4O2/c21-14-3-4-16(22)13(7-14)8-15(11-1-5-19(25)17(23)9-11)12-2-6-20(26)18(24)10-12/h1-7,9-10,15,25-26H,8H2. The minimum Gasteiger partial charge on any atom is -0.507 e. The molecule has 0 bridgehead atoms. The van der Waals surface area contributed by atoms with Crippen molar-refractivity contribution in [3.05, 3.63) is 89.2 Å². The molecular formula is C20H14Br4O2. The van der Waals surface area contributed by atoms with Crippen molar-refractivity contribution in [3.8, 4) is 11.5 Å². The Morgan fingerprint density at radius 3 is 1.69 bits per heavy atom. The minimum absolute atomic E-state index is 0.0504. The van der Waals surface area contributed by atoms with Gasteiger partial charge in [-0.05, 0) is 97.4 Å². The third kappa shape index (κ3) is 4.53. The zero-order valence-corrected chi connectivity index (χ0v) is 19.7. The zero-order chi connectivity index (χ0) is 18.8. The fraction of sp³-hybridized carbons (Fsp3) is 0.100. The maximum absolute atomic E-state index is 9.85. The molecule has 0 heterocycles. The number of benzene rings is 3. The lowest BCUT2D eigenvalue weighted by Crippen LogP contribution is -2.06. The van der Waals surface area contributed by atoms with Crippen molar-refractivity contribution in [1.29, 1.82) is 0 Å². The third-order valence-corrected chi connectivity index (χ3v) is 6.72. The molecule has 26 heavy (non-hydrogen) atoms. The Bertz CT molecular complexity index is 905. The first-order valence-electron chi connectivity index (χ1n) is 7.76. The monoisotopic (exact) mass is 602 g/mol.